The van der Waals surface area contributed by atoms with E-state index in [1.54, 1.807) is 12.1 Å². The molecule has 0 radical (unpaired) electrons. The van der Waals surface area contributed by atoms with Crippen molar-refractivity contribution in [2.24, 2.45) is 0 Å². The standard InChI is InChI=1S/C28H24FNO3/c29-20-11-9-18(10-12-20)19-13-21-15-32-16-22(14-19)30(21)28(31)33-17-27-25-7-3-1-5-23(25)24-6-2-4-8-26(24)27/h1-13,21-22,27H,14-17H2. The molecule has 6 rings (SSSR count). The molecule has 4 nitrogen and oxygen atoms in total. The average Bonchev–Trinajstić information content (AvgIpc) is 3.16. The van der Waals surface area contributed by atoms with Gasteiger partial charge >= 0.3 is 6.09 Å². The molecule has 3 aliphatic rings. The minimum Gasteiger partial charge on any atom is -0.448 e. The smallest absolute Gasteiger partial charge is 0.410 e. The molecule has 2 atom stereocenters. The molecule has 2 heterocycles. The summed E-state index contributed by atoms with van der Waals surface area (Å²) in [5, 5.41) is 0. The molecule has 33 heavy (non-hydrogen) atoms. The van der Waals surface area contributed by atoms with E-state index in [0.717, 1.165) is 11.1 Å². The maximum absolute atomic E-state index is 13.3. The molecule has 0 aromatic heterocycles. The van der Waals surface area contributed by atoms with E-state index in [1.165, 1.54) is 34.4 Å². The maximum atomic E-state index is 13.3. The van der Waals surface area contributed by atoms with Gasteiger partial charge in [-0.15, -0.1) is 0 Å². The number of ether oxygens (including phenoxy) is 2. The second-order valence-corrected chi connectivity index (χ2v) is 8.87. The number of carbonyl (C=O) groups excluding carboxylic acids is 1. The zero-order chi connectivity index (χ0) is 22.4. The molecular weight excluding hydrogens is 417 g/mol. The number of benzene rings is 3. The summed E-state index contributed by atoms with van der Waals surface area (Å²) in [6.45, 7) is 1.21. The zero-order valence-electron chi connectivity index (χ0n) is 18.1. The number of morpholine rings is 1. The molecule has 0 saturated carbocycles. The number of rotatable bonds is 3. The number of halogens is 1. The van der Waals surface area contributed by atoms with Gasteiger partial charge in [0.1, 0.15) is 12.4 Å². The number of hydrogen-bond donors (Lipinski definition) is 0. The van der Waals surface area contributed by atoms with Gasteiger partial charge in [0.25, 0.3) is 0 Å². The van der Waals surface area contributed by atoms with E-state index >= 15 is 0 Å². The Morgan fingerprint density at radius 2 is 1.61 bits per heavy atom. The lowest BCUT2D eigenvalue weighted by molar-refractivity contribution is -0.0331. The Balaban J connectivity index is 1.22. The maximum Gasteiger partial charge on any atom is 0.410 e. The van der Waals surface area contributed by atoms with Gasteiger partial charge in [0, 0.05) is 5.92 Å². The van der Waals surface area contributed by atoms with Crippen molar-refractivity contribution in [3.05, 3.63) is 101 Å². The Hall–Kier alpha value is -3.44. The Morgan fingerprint density at radius 1 is 0.939 bits per heavy atom. The van der Waals surface area contributed by atoms with Crippen LogP contribution in [0.2, 0.25) is 0 Å². The van der Waals surface area contributed by atoms with Crippen LogP contribution >= 0.6 is 0 Å². The van der Waals surface area contributed by atoms with Gasteiger partial charge in [-0.3, -0.25) is 4.90 Å². The van der Waals surface area contributed by atoms with E-state index < -0.39 is 0 Å². The van der Waals surface area contributed by atoms with Crippen molar-refractivity contribution >= 4 is 11.7 Å². The molecule has 1 fully saturated rings. The number of amides is 1. The van der Waals surface area contributed by atoms with E-state index in [9.17, 15) is 9.18 Å². The van der Waals surface area contributed by atoms with Crippen molar-refractivity contribution in [2.75, 3.05) is 19.8 Å². The quantitative estimate of drug-likeness (QED) is 0.529. The first-order valence-corrected chi connectivity index (χ1v) is 11.4. The molecule has 1 aliphatic carbocycles. The van der Waals surface area contributed by atoms with Crippen molar-refractivity contribution < 1.29 is 18.7 Å². The summed E-state index contributed by atoms with van der Waals surface area (Å²) >= 11 is 0. The molecule has 166 valence electrons. The van der Waals surface area contributed by atoms with Crippen molar-refractivity contribution in [1.82, 2.24) is 4.90 Å². The van der Waals surface area contributed by atoms with E-state index in [4.69, 9.17) is 9.47 Å². The normalized spacial score (nSPS) is 21.2. The van der Waals surface area contributed by atoms with Crippen LogP contribution < -0.4 is 0 Å². The monoisotopic (exact) mass is 441 g/mol. The first-order valence-electron chi connectivity index (χ1n) is 11.4. The molecule has 0 N–H and O–H groups in total. The van der Waals surface area contributed by atoms with Crippen LogP contribution in [0.15, 0.2) is 78.9 Å². The fourth-order valence-corrected chi connectivity index (χ4v) is 5.43. The van der Waals surface area contributed by atoms with E-state index in [1.807, 2.05) is 29.2 Å². The highest BCUT2D eigenvalue weighted by Gasteiger charge is 2.39. The third-order valence-electron chi connectivity index (χ3n) is 6.96. The summed E-state index contributed by atoms with van der Waals surface area (Å²) in [7, 11) is 0. The fraction of sp³-hybridized carbons (Fsp3) is 0.250. The van der Waals surface area contributed by atoms with Crippen LogP contribution in [0.5, 0.6) is 0 Å². The van der Waals surface area contributed by atoms with Crippen molar-refractivity contribution in [2.45, 2.75) is 24.4 Å². The number of hydrogen-bond acceptors (Lipinski definition) is 3. The van der Waals surface area contributed by atoms with E-state index in [0.29, 0.717) is 26.2 Å². The predicted molar refractivity (Wildman–Crippen MR) is 124 cm³/mol. The van der Waals surface area contributed by atoms with Crippen LogP contribution in [-0.4, -0.2) is 42.9 Å². The Kier molecular flexibility index (Phi) is 4.99. The van der Waals surface area contributed by atoms with Crippen LogP contribution in [0, 0.1) is 5.82 Å². The van der Waals surface area contributed by atoms with Crippen LogP contribution in [0.25, 0.3) is 16.7 Å². The summed E-state index contributed by atoms with van der Waals surface area (Å²) in [5.74, 6) is -0.216. The lowest BCUT2D eigenvalue weighted by Crippen LogP contribution is -2.56. The van der Waals surface area contributed by atoms with Crippen molar-refractivity contribution in [3.8, 4) is 11.1 Å². The number of nitrogens with zero attached hydrogens (tertiary/aromatic N) is 1. The SMILES string of the molecule is O=C(OCC1c2ccccc2-c2ccccc21)N1C2C=C(c3ccc(F)cc3)CC1COC2. The largest absolute Gasteiger partial charge is 0.448 e. The van der Waals surface area contributed by atoms with Crippen LogP contribution in [0.4, 0.5) is 9.18 Å². The number of carbonyl (C=O) groups is 1. The molecule has 2 unspecified atom stereocenters. The van der Waals surface area contributed by atoms with Crippen LogP contribution in [-0.2, 0) is 9.47 Å². The van der Waals surface area contributed by atoms with Gasteiger partial charge in [-0.1, -0.05) is 66.7 Å². The summed E-state index contributed by atoms with van der Waals surface area (Å²) in [4.78, 5) is 15.1. The molecule has 3 aromatic carbocycles. The zero-order valence-corrected chi connectivity index (χ0v) is 18.1. The third-order valence-corrected chi connectivity index (χ3v) is 6.96. The molecule has 1 saturated heterocycles. The minimum absolute atomic E-state index is 0.0348. The molecular formula is C28H24FNO3. The first-order chi connectivity index (χ1) is 16.2. The van der Waals surface area contributed by atoms with Gasteiger partial charge in [-0.05, 0) is 51.9 Å². The first kappa shape index (κ1) is 20.2. The highest BCUT2D eigenvalue weighted by Crippen LogP contribution is 2.44. The van der Waals surface area contributed by atoms with E-state index in [2.05, 4.69) is 30.3 Å². The second-order valence-electron chi connectivity index (χ2n) is 8.87. The van der Waals surface area contributed by atoms with Gasteiger partial charge < -0.3 is 9.47 Å². The van der Waals surface area contributed by atoms with E-state index in [-0.39, 0.29) is 29.9 Å². The van der Waals surface area contributed by atoms with Crippen LogP contribution in [0.3, 0.4) is 0 Å². The van der Waals surface area contributed by atoms with Gasteiger partial charge in [0.05, 0.1) is 25.3 Å². The third kappa shape index (κ3) is 3.53. The van der Waals surface area contributed by atoms with Gasteiger partial charge in [0.15, 0.2) is 0 Å². The molecule has 1 amide bonds. The fourth-order valence-electron chi connectivity index (χ4n) is 5.43. The highest BCUT2D eigenvalue weighted by atomic mass is 19.1. The average molecular weight is 442 g/mol. The summed E-state index contributed by atoms with van der Waals surface area (Å²) in [5.41, 5.74) is 6.93. The molecule has 5 heteroatoms. The summed E-state index contributed by atoms with van der Waals surface area (Å²) < 4.78 is 25.0. The lowest BCUT2D eigenvalue weighted by Gasteiger charge is -2.44. The topological polar surface area (TPSA) is 38.8 Å². The van der Waals surface area contributed by atoms with Crippen molar-refractivity contribution in [1.29, 1.82) is 0 Å². The Labute approximate surface area is 192 Å². The summed E-state index contributed by atoms with van der Waals surface area (Å²) in [6.07, 6.45) is 2.42. The summed E-state index contributed by atoms with van der Waals surface area (Å²) in [6, 6.07) is 22.9. The molecule has 2 bridgehead atoms. The van der Waals surface area contributed by atoms with Gasteiger partial charge in [0.2, 0.25) is 0 Å². The minimum atomic E-state index is -0.301. The Morgan fingerprint density at radius 3 is 2.27 bits per heavy atom. The second kappa shape index (κ2) is 8.16. The molecule has 0 spiro atoms. The molecule has 3 aromatic rings. The van der Waals surface area contributed by atoms with Gasteiger partial charge in [-0.25, -0.2) is 9.18 Å². The van der Waals surface area contributed by atoms with Crippen LogP contribution in [0.1, 0.15) is 29.0 Å². The van der Waals surface area contributed by atoms with Gasteiger partial charge in [-0.2, -0.15) is 0 Å². The molecule has 2 aliphatic heterocycles. The number of fused-ring (bicyclic) bond motifs is 5. The lowest BCUT2D eigenvalue weighted by atomic mass is 9.90. The highest BCUT2D eigenvalue weighted by molar-refractivity contribution is 5.79. The predicted octanol–water partition coefficient (Wildman–Crippen LogP) is 5.63. The van der Waals surface area contributed by atoms with Crippen molar-refractivity contribution in [3.63, 3.8) is 0 Å². The Bertz CT molecular complexity index is 1190.